The molecule has 4 aromatic heterocycles. The van der Waals surface area contributed by atoms with Gasteiger partial charge in [-0.1, -0.05) is 36.0 Å². The number of aromatic nitrogens is 4. The molecule has 0 radical (unpaired) electrons. The molecule has 0 bridgehead atoms. The SMILES string of the molecule is Cc1cc(C(=O)CSc2nnc(-c3cc(-c4cccs4)nc4ccccc34)o2)c(C)n1C[C@@H]1CCCO1. The van der Waals surface area contributed by atoms with Crippen molar-refractivity contribution in [2.24, 2.45) is 0 Å². The normalized spacial score (nSPS) is 15.6. The van der Waals surface area contributed by atoms with Crippen molar-refractivity contribution in [1.82, 2.24) is 19.7 Å². The van der Waals surface area contributed by atoms with Crippen LogP contribution in [0.1, 0.15) is 34.6 Å². The van der Waals surface area contributed by atoms with Crippen molar-refractivity contribution < 1.29 is 13.9 Å². The minimum Gasteiger partial charge on any atom is -0.411 e. The summed E-state index contributed by atoms with van der Waals surface area (Å²) in [6.45, 7) is 5.66. The van der Waals surface area contributed by atoms with Crippen molar-refractivity contribution in [2.45, 2.75) is 44.6 Å². The van der Waals surface area contributed by atoms with E-state index in [1.807, 2.05) is 67.8 Å². The number of para-hydroxylation sites is 1. The van der Waals surface area contributed by atoms with E-state index in [0.717, 1.165) is 70.0 Å². The third-order valence-corrected chi connectivity index (χ3v) is 8.45. The molecule has 37 heavy (non-hydrogen) atoms. The number of Topliss-reactive ketones (excluding diaryl/α,β-unsaturated/α-hetero) is 1. The van der Waals surface area contributed by atoms with Crippen LogP contribution in [-0.4, -0.2) is 44.0 Å². The number of ether oxygens (including phenoxy) is 1. The molecule has 1 atom stereocenters. The molecule has 1 aromatic carbocycles. The van der Waals surface area contributed by atoms with Crippen LogP contribution in [0.3, 0.4) is 0 Å². The summed E-state index contributed by atoms with van der Waals surface area (Å²) in [6, 6.07) is 15.9. The van der Waals surface area contributed by atoms with Gasteiger partial charge in [0.15, 0.2) is 5.78 Å². The number of thioether (sulfide) groups is 1. The van der Waals surface area contributed by atoms with Gasteiger partial charge in [0, 0.05) is 35.5 Å². The Morgan fingerprint density at radius 1 is 1.16 bits per heavy atom. The fraction of sp³-hybridized carbons (Fsp3) is 0.286. The Labute approximate surface area is 222 Å². The van der Waals surface area contributed by atoms with Crippen molar-refractivity contribution in [3.05, 3.63) is 70.9 Å². The summed E-state index contributed by atoms with van der Waals surface area (Å²) in [5.74, 6) is 0.690. The highest BCUT2D eigenvalue weighted by atomic mass is 32.2. The van der Waals surface area contributed by atoms with Crippen LogP contribution in [0.15, 0.2) is 63.6 Å². The Bertz CT molecular complexity index is 1570. The number of hydrogen-bond acceptors (Lipinski definition) is 8. The smallest absolute Gasteiger partial charge is 0.277 e. The van der Waals surface area contributed by atoms with Crippen molar-refractivity contribution in [3.63, 3.8) is 0 Å². The standard InChI is InChI=1S/C28H26N4O3S2/c1-17-13-21(18(2)32(17)15-19-7-5-11-34-19)25(33)16-37-28-31-30-27(35-28)22-14-24(26-10-6-12-36-26)29-23-9-4-3-8-20(22)23/h3-4,6,8-10,12-14,19H,5,7,11,15-16H2,1-2H3/t19-/m0/s1. The molecule has 0 N–H and O–H groups in total. The molecular formula is C28H26N4O3S2. The van der Waals surface area contributed by atoms with Crippen LogP contribution in [0.5, 0.6) is 0 Å². The highest BCUT2D eigenvalue weighted by Crippen LogP contribution is 2.34. The fourth-order valence-corrected chi connectivity index (χ4v) is 6.17. The molecule has 0 aliphatic carbocycles. The molecule has 6 rings (SSSR count). The van der Waals surface area contributed by atoms with E-state index in [-0.39, 0.29) is 17.6 Å². The van der Waals surface area contributed by atoms with Gasteiger partial charge in [-0.25, -0.2) is 4.98 Å². The van der Waals surface area contributed by atoms with Gasteiger partial charge < -0.3 is 13.7 Å². The van der Waals surface area contributed by atoms with E-state index in [9.17, 15) is 4.79 Å². The molecule has 1 saturated heterocycles. The number of carbonyl (C=O) groups excluding carboxylic acids is 1. The quantitative estimate of drug-likeness (QED) is 0.165. The number of hydrogen-bond donors (Lipinski definition) is 0. The van der Waals surface area contributed by atoms with Gasteiger partial charge in [0.25, 0.3) is 5.22 Å². The predicted molar refractivity (Wildman–Crippen MR) is 146 cm³/mol. The number of benzene rings is 1. The van der Waals surface area contributed by atoms with E-state index in [4.69, 9.17) is 14.1 Å². The maximum absolute atomic E-state index is 13.1. The lowest BCUT2D eigenvalue weighted by molar-refractivity contribution is 0.0957. The lowest BCUT2D eigenvalue weighted by Gasteiger charge is -2.14. The zero-order chi connectivity index (χ0) is 25.4. The van der Waals surface area contributed by atoms with E-state index in [1.165, 1.54) is 11.8 Å². The summed E-state index contributed by atoms with van der Waals surface area (Å²) in [5, 5.41) is 11.9. The monoisotopic (exact) mass is 530 g/mol. The first-order valence-corrected chi connectivity index (χ1v) is 14.1. The fourth-order valence-electron chi connectivity index (χ4n) is 4.84. The Kier molecular flexibility index (Phi) is 6.67. The highest BCUT2D eigenvalue weighted by molar-refractivity contribution is 7.99. The van der Waals surface area contributed by atoms with Crippen LogP contribution >= 0.6 is 23.1 Å². The van der Waals surface area contributed by atoms with Gasteiger partial charge in [0.1, 0.15) is 0 Å². The molecule has 7 nitrogen and oxygen atoms in total. The van der Waals surface area contributed by atoms with Gasteiger partial charge >= 0.3 is 0 Å². The first-order valence-electron chi connectivity index (χ1n) is 12.3. The van der Waals surface area contributed by atoms with E-state index < -0.39 is 0 Å². The first kappa shape index (κ1) is 24.1. The molecule has 1 aliphatic heterocycles. The minimum atomic E-state index is 0.0470. The topological polar surface area (TPSA) is 83.0 Å². The summed E-state index contributed by atoms with van der Waals surface area (Å²) in [7, 11) is 0. The average molecular weight is 531 g/mol. The van der Waals surface area contributed by atoms with Crippen LogP contribution in [0.4, 0.5) is 0 Å². The molecule has 0 amide bonds. The van der Waals surface area contributed by atoms with Crippen molar-refractivity contribution in [2.75, 3.05) is 12.4 Å². The Hall–Kier alpha value is -3.27. The van der Waals surface area contributed by atoms with Crippen molar-refractivity contribution in [1.29, 1.82) is 0 Å². The van der Waals surface area contributed by atoms with Gasteiger partial charge in [-0.15, -0.1) is 21.5 Å². The molecule has 0 unspecified atom stereocenters. The van der Waals surface area contributed by atoms with Gasteiger partial charge in [0.05, 0.1) is 33.5 Å². The molecule has 0 spiro atoms. The minimum absolute atomic E-state index is 0.0470. The van der Waals surface area contributed by atoms with Gasteiger partial charge in [-0.3, -0.25) is 4.79 Å². The van der Waals surface area contributed by atoms with E-state index in [2.05, 4.69) is 14.8 Å². The van der Waals surface area contributed by atoms with Crippen LogP contribution in [0.2, 0.25) is 0 Å². The first-order chi connectivity index (χ1) is 18.1. The third-order valence-electron chi connectivity index (χ3n) is 6.74. The molecule has 1 aliphatic rings. The third kappa shape index (κ3) is 4.86. The number of nitrogens with zero attached hydrogens (tertiary/aromatic N) is 4. The van der Waals surface area contributed by atoms with Crippen molar-refractivity contribution >= 4 is 39.8 Å². The summed E-state index contributed by atoms with van der Waals surface area (Å²) in [4.78, 5) is 19.0. The van der Waals surface area contributed by atoms with Gasteiger partial charge in [-0.2, -0.15) is 0 Å². The lowest BCUT2D eigenvalue weighted by atomic mass is 10.1. The summed E-state index contributed by atoms with van der Waals surface area (Å²) < 4.78 is 14.0. The van der Waals surface area contributed by atoms with Gasteiger partial charge in [-0.05, 0) is 56.3 Å². The molecule has 188 valence electrons. The Balaban J connectivity index is 1.21. The van der Waals surface area contributed by atoms with E-state index in [1.54, 1.807) is 11.3 Å². The second-order valence-corrected chi connectivity index (χ2v) is 11.0. The van der Waals surface area contributed by atoms with Crippen LogP contribution < -0.4 is 0 Å². The van der Waals surface area contributed by atoms with Crippen LogP contribution in [-0.2, 0) is 11.3 Å². The van der Waals surface area contributed by atoms with E-state index >= 15 is 0 Å². The zero-order valence-corrected chi connectivity index (χ0v) is 22.3. The average Bonchev–Trinajstić information content (AvgIpc) is 3.73. The second kappa shape index (κ2) is 10.2. The molecular weight excluding hydrogens is 504 g/mol. The largest absolute Gasteiger partial charge is 0.411 e. The second-order valence-electron chi connectivity index (χ2n) is 9.16. The number of ketones is 1. The zero-order valence-electron chi connectivity index (χ0n) is 20.6. The number of rotatable bonds is 8. The summed E-state index contributed by atoms with van der Waals surface area (Å²) in [6.07, 6.45) is 2.39. The van der Waals surface area contributed by atoms with Crippen molar-refractivity contribution in [3.8, 4) is 22.0 Å². The maximum Gasteiger partial charge on any atom is 0.277 e. The Morgan fingerprint density at radius 2 is 2.05 bits per heavy atom. The predicted octanol–water partition coefficient (Wildman–Crippen LogP) is 6.59. The number of carbonyl (C=O) groups is 1. The molecule has 9 heteroatoms. The number of thiophene rings is 1. The highest BCUT2D eigenvalue weighted by Gasteiger charge is 2.22. The number of pyridine rings is 1. The van der Waals surface area contributed by atoms with Gasteiger partial charge in [0.2, 0.25) is 5.89 Å². The van der Waals surface area contributed by atoms with E-state index in [0.29, 0.717) is 11.1 Å². The number of fused-ring (bicyclic) bond motifs is 1. The van der Waals surface area contributed by atoms with Crippen LogP contribution in [0, 0.1) is 13.8 Å². The molecule has 1 fully saturated rings. The summed E-state index contributed by atoms with van der Waals surface area (Å²) >= 11 is 2.90. The molecule has 0 saturated carbocycles. The molecule has 5 heterocycles. The molecule has 5 aromatic rings. The maximum atomic E-state index is 13.1. The van der Waals surface area contributed by atoms with Crippen LogP contribution in [0.25, 0.3) is 32.9 Å². The number of aryl methyl sites for hydroxylation is 1. The Morgan fingerprint density at radius 3 is 2.86 bits per heavy atom. The lowest BCUT2D eigenvalue weighted by Crippen LogP contribution is -2.17. The summed E-state index contributed by atoms with van der Waals surface area (Å²) in [5.41, 5.74) is 5.36.